The second-order valence-corrected chi connectivity index (χ2v) is 6.26. The van der Waals surface area contributed by atoms with Crippen molar-refractivity contribution in [3.8, 4) is 5.69 Å². The standard InChI is InChI=1S/C14H11FN4O3S/c15-11-5-7-12(8-6-11)23(21,22)17-13-3-1-2-4-14(13)19-16-9-10-18(19)20/h1-10,17H. The van der Waals surface area contributed by atoms with Gasteiger partial charge in [-0.2, -0.15) is 4.85 Å². The number of sulfonamides is 1. The van der Waals surface area contributed by atoms with Crippen LogP contribution in [-0.2, 0) is 10.0 Å². The van der Waals surface area contributed by atoms with Gasteiger partial charge in [0.2, 0.25) is 6.20 Å². The lowest BCUT2D eigenvalue weighted by molar-refractivity contribution is -0.688. The number of aromatic nitrogens is 3. The summed E-state index contributed by atoms with van der Waals surface area (Å²) in [7, 11) is -3.93. The molecule has 118 valence electrons. The molecule has 0 radical (unpaired) electrons. The highest BCUT2D eigenvalue weighted by Gasteiger charge is 2.19. The predicted octanol–water partition coefficient (Wildman–Crippen LogP) is 1.45. The van der Waals surface area contributed by atoms with Crippen LogP contribution in [0.3, 0.4) is 0 Å². The lowest BCUT2D eigenvalue weighted by atomic mass is 10.3. The van der Waals surface area contributed by atoms with Crippen LogP contribution < -0.4 is 9.57 Å². The van der Waals surface area contributed by atoms with Gasteiger partial charge in [-0.05, 0) is 41.2 Å². The highest BCUT2D eigenvalue weighted by molar-refractivity contribution is 7.92. The molecule has 3 rings (SSSR count). The first-order valence-electron chi connectivity index (χ1n) is 6.49. The Morgan fingerprint density at radius 1 is 1.13 bits per heavy atom. The Morgan fingerprint density at radius 2 is 1.83 bits per heavy atom. The summed E-state index contributed by atoms with van der Waals surface area (Å²) < 4.78 is 40.0. The average Bonchev–Trinajstić information content (AvgIpc) is 2.94. The van der Waals surface area contributed by atoms with Crippen LogP contribution in [0.25, 0.3) is 5.69 Å². The van der Waals surface area contributed by atoms with E-state index < -0.39 is 15.8 Å². The third-order valence-electron chi connectivity index (χ3n) is 3.04. The molecule has 23 heavy (non-hydrogen) atoms. The summed E-state index contributed by atoms with van der Waals surface area (Å²) in [6, 6.07) is 10.7. The molecule has 0 fully saturated rings. The molecule has 3 aromatic rings. The van der Waals surface area contributed by atoms with Crippen LogP contribution in [0.2, 0.25) is 0 Å². The first-order valence-corrected chi connectivity index (χ1v) is 7.97. The molecule has 0 aliphatic rings. The van der Waals surface area contributed by atoms with Crippen LogP contribution in [-0.4, -0.2) is 18.3 Å². The van der Waals surface area contributed by atoms with Gasteiger partial charge in [0.15, 0.2) is 11.9 Å². The minimum atomic E-state index is -3.93. The van der Waals surface area contributed by atoms with Gasteiger partial charge in [0.25, 0.3) is 10.0 Å². The lowest BCUT2D eigenvalue weighted by Gasteiger charge is -2.12. The molecule has 0 saturated carbocycles. The Hall–Kier alpha value is -2.94. The molecular formula is C14H11FN4O3S. The van der Waals surface area contributed by atoms with Crippen LogP contribution in [0.1, 0.15) is 0 Å². The predicted molar refractivity (Wildman–Crippen MR) is 79.7 cm³/mol. The van der Waals surface area contributed by atoms with Crippen LogP contribution in [0.5, 0.6) is 0 Å². The summed E-state index contributed by atoms with van der Waals surface area (Å²) in [6.07, 6.45) is 2.48. The molecule has 1 aromatic heterocycles. The molecular weight excluding hydrogens is 323 g/mol. The van der Waals surface area contributed by atoms with Gasteiger partial charge in [-0.25, -0.2) is 12.8 Å². The Balaban J connectivity index is 2.01. The largest absolute Gasteiger partial charge is 0.692 e. The van der Waals surface area contributed by atoms with Crippen molar-refractivity contribution in [2.45, 2.75) is 4.90 Å². The van der Waals surface area contributed by atoms with Crippen molar-refractivity contribution in [3.05, 3.63) is 71.9 Å². The van der Waals surface area contributed by atoms with Crippen molar-refractivity contribution in [2.75, 3.05) is 4.72 Å². The molecule has 0 unspecified atom stereocenters. The SMILES string of the molecule is O=S(=O)(Nc1ccccc1-n1ncc[n+]1[O-])c1ccc(F)cc1. The summed E-state index contributed by atoms with van der Waals surface area (Å²) in [4.78, 5) is 1.37. The number of rotatable bonds is 4. The second-order valence-electron chi connectivity index (χ2n) is 4.58. The third kappa shape index (κ3) is 2.99. The van der Waals surface area contributed by atoms with E-state index in [0.29, 0.717) is 4.85 Å². The van der Waals surface area contributed by atoms with Crippen molar-refractivity contribution in [3.63, 3.8) is 0 Å². The van der Waals surface area contributed by atoms with E-state index in [0.717, 1.165) is 29.1 Å². The Morgan fingerprint density at radius 3 is 2.48 bits per heavy atom. The van der Waals surface area contributed by atoms with E-state index in [4.69, 9.17) is 0 Å². The van der Waals surface area contributed by atoms with Crippen molar-refractivity contribution >= 4 is 15.7 Å². The number of para-hydroxylation sites is 2. The average molecular weight is 334 g/mol. The molecule has 7 nitrogen and oxygen atoms in total. The van der Waals surface area contributed by atoms with E-state index in [1.807, 2.05) is 0 Å². The number of halogens is 1. The maximum atomic E-state index is 12.9. The molecule has 1 heterocycles. The van der Waals surface area contributed by atoms with Crippen LogP contribution in [0, 0.1) is 11.0 Å². The molecule has 9 heteroatoms. The second kappa shape index (κ2) is 5.69. The first kappa shape index (κ1) is 15.0. The minimum absolute atomic E-state index is 0.0934. The number of nitrogens with zero attached hydrogens (tertiary/aromatic N) is 3. The third-order valence-corrected chi connectivity index (χ3v) is 4.43. The van der Waals surface area contributed by atoms with E-state index in [1.54, 1.807) is 18.2 Å². The molecule has 0 aliphatic heterocycles. The van der Waals surface area contributed by atoms with Gasteiger partial charge in [-0.1, -0.05) is 12.1 Å². The lowest BCUT2D eigenvalue weighted by Crippen LogP contribution is -2.36. The molecule has 0 saturated heterocycles. The quantitative estimate of drug-likeness (QED) is 0.577. The zero-order valence-corrected chi connectivity index (χ0v) is 12.4. The van der Waals surface area contributed by atoms with E-state index >= 15 is 0 Å². The number of benzene rings is 2. The topological polar surface area (TPSA) is 90.9 Å². The van der Waals surface area contributed by atoms with Gasteiger partial charge < -0.3 is 5.21 Å². The highest BCUT2D eigenvalue weighted by Crippen LogP contribution is 2.22. The molecule has 0 amide bonds. The van der Waals surface area contributed by atoms with Crippen molar-refractivity contribution in [2.24, 2.45) is 0 Å². The summed E-state index contributed by atoms with van der Waals surface area (Å²) in [6.45, 7) is 0. The maximum absolute atomic E-state index is 12.9. The van der Waals surface area contributed by atoms with E-state index in [9.17, 15) is 18.0 Å². The fraction of sp³-hybridized carbons (Fsp3) is 0. The monoisotopic (exact) mass is 334 g/mol. The van der Waals surface area contributed by atoms with Gasteiger partial charge in [-0.15, -0.1) is 0 Å². The van der Waals surface area contributed by atoms with E-state index in [2.05, 4.69) is 9.82 Å². The van der Waals surface area contributed by atoms with Gasteiger partial charge in [-0.3, -0.25) is 4.72 Å². The Labute approximate surface area is 131 Å². The van der Waals surface area contributed by atoms with Gasteiger partial charge in [0, 0.05) is 5.10 Å². The number of nitrogens with one attached hydrogen (secondary N) is 1. The van der Waals surface area contributed by atoms with E-state index in [-0.39, 0.29) is 16.3 Å². The Kier molecular flexibility index (Phi) is 3.70. The fourth-order valence-corrected chi connectivity index (χ4v) is 3.06. The highest BCUT2D eigenvalue weighted by atomic mass is 32.2. The van der Waals surface area contributed by atoms with Crippen molar-refractivity contribution < 1.29 is 17.7 Å². The molecule has 2 aromatic carbocycles. The number of hydrogen-bond donors (Lipinski definition) is 1. The minimum Gasteiger partial charge on any atom is -0.692 e. The molecule has 0 spiro atoms. The summed E-state index contributed by atoms with van der Waals surface area (Å²) in [5.41, 5.74) is 0.434. The van der Waals surface area contributed by atoms with Crippen molar-refractivity contribution in [1.82, 2.24) is 9.90 Å². The smallest absolute Gasteiger partial charge is 0.261 e. The molecule has 0 atom stereocenters. The summed E-state index contributed by atoms with van der Waals surface area (Å²) in [5, 5.41) is 15.5. The van der Waals surface area contributed by atoms with Crippen LogP contribution in [0.4, 0.5) is 10.1 Å². The normalized spacial score (nSPS) is 11.3. The van der Waals surface area contributed by atoms with Crippen LogP contribution >= 0.6 is 0 Å². The molecule has 0 bridgehead atoms. The summed E-state index contributed by atoms with van der Waals surface area (Å²) >= 11 is 0. The Bertz CT molecular complexity index is 939. The van der Waals surface area contributed by atoms with Crippen molar-refractivity contribution in [1.29, 1.82) is 0 Å². The molecule has 1 N–H and O–H groups in total. The van der Waals surface area contributed by atoms with Gasteiger partial charge in [0.1, 0.15) is 5.82 Å². The van der Waals surface area contributed by atoms with Crippen LogP contribution in [0.15, 0.2) is 65.8 Å². The van der Waals surface area contributed by atoms with E-state index in [1.165, 1.54) is 18.5 Å². The maximum Gasteiger partial charge on any atom is 0.261 e. The number of anilines is 1. The number of hydrogen-bond acceptors (Lipinski definition) is 4. The zero-order chi connectivity index (χ0) is 16.4. The zero-order valence-electron chi connectivity index (χ0n) is 11.6. The van der Waals surface area contributed by atoms with Gasteiger partial charge >= 0.3 is 0 Å². The fourth-order valence-electron chi connectivity index (χ4n) is 1.98. The van der Waals surface area contributed by atoms with Gasteiger partial charge in [0.05, 0.1) is 10.6 Å². The molecule has 0 aliphatic carbocycles. The first-order chi connectivity index (χ1) is 11.0. The summed E-state index contributed by atoms with van der Waals surface area (Å²) in [5.74, 6) is -0.534.